The Labute approximate surface area is 149 Å². The van der Waals surface area contributed by atoms with Crippen molar-refractivity contribution in [3.05, 3.63) is 30.6 Å². The van der Waals surface area contributed by atoms with E-state index in [1.54, 1.807) is 6.33 Å². The maximum atomic E-state index is 12.8. The minimum absolute atomic E-state index is 0.176. The number of hydrogen-bond acceptors (Lipinski definition) is 4. The van der Waals surface area contributed by atoms with E-state index >= 15 is 0 Å². The fourth-order valence-electron chi connectivity index (χ4n) is 4.23. The molecule has 0 spiro atoms. The number of carbonyl (C=O) groups excluding carboxylic acids is 1. The average molecular weight is 338 g/mol. The zero-order chi connectivity index (χ0) is 17.2. The number of carbonyl (C=O) groups is 1. The molecular formula is C20H26N4O. The predicted molar refractivity (Wildman–Crippen MR) is 99.5 cm³/mol. The number of amides is 1. The van der Waals surface area contributed by atoms with Crippen LogP contribution in [0.25, 0.3) is 10.9 Å². The van der Waals surface area contributed by atoms with E-state index in [-0.39, 0.29) is 5.92 Å². The molecule has 5 heteroatoms. The summed E-state index contributed by atoms with van der Waals surface area (Å²) in [4.78, 5) is 26.1. The fraction of sp³-hybridized carbons (Fsp3) is 0.550. The monoisotopic (exact) mass is 338 g/mol. The van der Waals surface area contributed by atoms with Crippen LogP contribution in [-0.4, -0.2) is 47.0 Å². The molecule has 2 saturated heterocycles. The van der Waals surface area contributed by atoms with Crippen LogP contribution in [0.1, 0.15) is 32.6 Å². The second kappa shape index (κ2) is 6.98. The Morgan fingerprint density at radius 1 is 1.08 bits per heavy atom. The highest BCUT2D eigenvalue weighted by atomic mass is 16.2. The summed E-state index contributed by atoms with van der Waals surface area (Å²) in [5.41, 5.74) is 0.980. The molecule has 1 atom stereocenters. The van der Waals surface area contributed by atoms with E-state index < -0.39 is 0 Å². The smallest absolute Gasteiger partial charge is 0.225 e. The number of para-hydroxylation sites is 1. The molecule has 1 aromatic carbocycles. The third-order valence-corrected chi connectivity index (χ3v) is 5.63. The van der Waals surface area contributed by atoms with Crippen molar-refractivity contribution in [3.63, 3.8) is 0 Å². The van der Waals surface area contributed by atoms with Gasteiger partial charge in [-0.15, -0.1) is 0 Å². The van der Waals surface area contributed by atoms with Crippen LogP contribution in [0.3, 0.4) is 0 Å². The Morgan fingerprint density at radius 3 is 2.68 bits per heavy atom. The highest BCUT2D eigenvalue weighted by Crippen LogP contribution is 2.29. The molecule has 2 aliphatic rings. The Kier molecular flexibility index (Phi) is 4.55. The molecular weight excluding hydrogens is 312 g/mol. The van der Waals surface area contributed by atoms with Crippen LogP contribution in [0, 0.1) is 11.8 Å². The quantitative estimate of drug-likeness (QED) is 0.844. The summed E-state index contributed by atoms with van der Waals surface area (Å²) in [6.07, 6.45) is 5.88. The molecule has 2 aromatic rings. The van der Waals surface area contributed by atoms with Crippen molar-refractivity contribution in [1.82, 2.24) is 14.9 Å². The van der Waals surface area contributed by atoms with E-state index in [0.29, 0.717) is 11.8 Å². The number of likely N-dealkylation sites (tertiary alicyclic amines) is 1. The summed E-state index contributed by atoms with van der Waals surface area (Å²) >= 11 is 0. The van der Waals surface area contributed by atoms with E-state index in [2.05, 4.69) is 32.8 Å². The van der Waals surface area contributed by atoms with Gasteiger partial charge < -0.3 is 9.80 Å². The van der Waals surface area contributed by atoms with Gasteiger partial charge in [0.1, 0.15) is 12.1 Å². The Hall–Kier alpha value is -2.17. The number of piperidine rings is 2. The number of fused-ring (bicyclic) bond motifs is 1. The predicted octanol–water partition coefficient (Wildman–Crippen LogP) is 3.10. The first kappa shape index (κ1) is 16.3. The van der Waals surface area contributed by atoms with Gasteiger partial charge >= 0.3 is 0 Å². The van der Waals surface area contributed by atoms with Crippen molar-refractivity contribution in [2.75, 3.05) is 31.1 Å². The average Bonchev–Trinajstić information content (AvgIpc) is 2.67. The molecule has 4 rings (SSSR count). The van der Waals surface area contributed by atoms with E-state index in [9.17, 15) is 4.79 Å². The zero-order valence-electron chi connectivity index (χ0n) is 14.9. The van der Waals surface area contributed by atoms with Gasteiger partial charge in [0.2, 0.25) is 5.91 Å². The molecule has 5 nitrogen and oxygen atoms in total. The molecule has 2 aliphatic heterocycles. The van der Waals surface area contributed by atoms with Crippen molar-refractivity contribution in [2.24, 2.45) is 11.8 Å². The van der Waals surface area contributed by atoms with Gasteiger partial charge in [-0.3, -0.25) is 4.79 Å². The standard InChI is InChI=1S/C20H26N4O/c1-15-5-4-10-24(13-15)20(25)16-8-11-23(12-9-16)19-17-6-2-3-7-18(17)21-14-22-19/h2-3,6-7,14-16H,4-5,8-13H2,1H3/t15-/m1/s1. The first-order chi connectivity index (χ1) is 12.2. The second-order valence-electron chi connectivity index (χ2n) is 7.51. The van der Waals surface area contributed by atoms with Crippen molar-refractivity contribution >= 4 is 22.6 Å². The van der Waals surface area contributed by atoms with E-state index in [1.807, 2.05) is 18.2 Å². The van der Waals surface area contributed by atoms with Gasteiger partial charge in [-0.1, -0.05) is 19.1 Å². The lowest BCUT2D eigenvalue weighted by atomic mass is 9.92. The topological polar surface area (TPSA) is 49.3 Å². The summed E-state index contributed by atoms with van der Waals surface area (Å²) in [6, 6.07) is 8.14. The highest BCUT2D eigenvalue weighted by Gasteiger charge is 2.31. The molecule has 0 aliphatic carbocycles. The molecule has 25 heavy (non-hydrogen) atoms. The SMILES string of the molecule is C[C@@H]1CCCN(C(=O)C2CCN(c3ncnc4ccccc34)CC2)C1. The highest BCUT2D eigenvalue weighted by molar-refractivity contribution is 5.89. The van der Waals surface area contributed by atoms with Gasteiger partial charge in [0, 0.05) is 37.5 Å². The van der Waals surface area contributed by atoms with E-state index in [0.717, 1.165) is 62.2 Å². The van der Waals surface area contributed by atoms with Gasteiger partial charge in [-0.25, -0.2) is 9.97 Å². The van der Waals surface area contributed by atoms with Crippen molar-refractivity contribution in [1.29, 1.82) is 0 Å². The van der Waals surface area contributed by atoms with Crippen molar-refractivity contribution in [3.8, 4) is 0 Å². The molecule has 1 amide bonds. The number of anilines is 1. The summed E-state index contributed by atoms with van der Waals surface area (Å²) < 4.78 is 0. The third-order valence-electron chi connectivity index (χ3n) is 5.63. The summed E-state index contributed by atoms with van der Waals surface area (Å²) in [5.74, 6) is 2.20. The summed E-state index contributed by atoms with van der Waals surface area (Å²) in [7, 11) is 0. The minimum Gasteiger partial charge on any atom is -0.356 e. The maximum Gasteiger partial charge on any atom is 0.225 e. The molecule has 1 aromatic heterocycles. The Balaban J connectivity index is 1.43. The summed E-state index contributed by atoms with van der Waals surface area (Å²) in [6.45, 7) is 5.92. The zero-order valence-corrected chi connectivity index (χ0v) is 14.9. The third kappa shape index (κ3) is 3.32. The number of rotatable bonds is 2. The first-order valence-corrected chi connectivity index (χ1v) is 9.46. The molecule has 0 saturated carbocycles. The van der Waals surface area contributed by atoms with Crippen LogP contribution in [-0.2, 0) is 4.79 Å². The van der Waals surface area contributed by atoms with E-state index in [4.69, 9.17) is 0 Å². The Morgan fingerprint density at radius 2 is 1.88 bits per heavy atom. The number of hydrogen-bond donors (Lipinski definition) is 0. The fourth-order valence-corrected chi connectivity index (χ4v) is 4.23. The molecule has 0 radical (unpaired) electrons. The van der Waals surface area contributed by atoms with Crippen LogP contribution < -0.4 is 4.90 Å². The normalized spacial score (nSPS) is 22.4. The van der Waals surface area contributed by atoms with Crippen LogP contribution in [0.15, 0.2) is 30.6 Å². The maximum absolute atomic E-state index is 12.8. The van der Waals surface area contributed by atoms with Gasteiger partial charge in [-0.2, -0.15) is 0 Å². The van der Waals surface area contributed by atoms with Gasteiger partial charge in [0.05, 0.1) is 5.52 Å². The largest absolute Gasteiger partial charge is 0.356 e. The minimum atomic E-state index is 0.176. The lowest BCUT2D eigenvalue weighted by molar-refractivity contribution is -0.137. The van der Waals surface area contributed by atoms with Crippen molar-refractivity contribution < 1.29 is 4.79 Å². The van der Waals surface area contributed by atoms with Crippen LogP contribution in [0.2, 0.25) is 0 Å². The van der Waals surface area contributed by atoms with Gasteiger partial charge in [-0.05, 0) is 43.7 Å². The van der Waals surface area contributed by atoms with Crippen LogP contribution in [0.4, 0.5) is 5.82 Å². The van der Waals surface area contributed by atoms with E-state index in [1.165, 1.54) is 6.42 Å². The number of benzene rings is 1. The molecule has 0 bridgehead atoms. The van der Waals surface area contributed by atoms with Gasteiger partial charge in [0.15, 0.2) is 0 Å². The number of aromatic nitrogens is 2. The molecule has 132 valence electrons. The van der Waals surface area contributed by atoms with Gasteiger partial charge in [0.25, 0.3) is 0 Å². The molecule has 3 heterocycles. The lowest BCUT2D eigenvalue weighted by Crippen LogP contribution is -2.46. The molecule has 2 fully saturated rings. The van der Waals surface area contributed by atoms with Crippen LogP contribution >= 0.6 is 0 Å². The molecule has 0 unspecified atom stereocenters. The molecule has 0 N–H and O–H groups in total. The Bertz CT molecular complexity index is 749. The number of nitrogens with zero attached hydrogens (tertiary/aromatic N) is 4. The first-order valence-electron chi connectivity index (χ1n) is 9.46. The van der Waals surface area contributed by atoms with Crippen LogP contribution in [0.5, 0.6) is 0 Å². The summed E-state index contributed by atoms with van der Waals surface area (Å²) in [5, 5.41) is 1.10. The van der Waals surface area contributed by atoms with Crippen molar-refractivity contribution in [2.45, 2.75) is 32.6 Å². The lowest BCUT2D eigenvalue weighted by Gasteiger charge is -2.37. The second-order valence-corrected chi connectivity index (χ2v) is 7.51.